The number of ether oxygens (including phenoxy) is 1. The van der Waals surface area contributed by atoms with Gasteiger partial charge in [0.1, 0.15) is 6.10 Å². The molecule has 0 bridgehead atoms. The van der Waals surface area contributed by atoms with Crippen molar-refractivity contribution >= 4 is 34.8 Å². The second-order valence-electron chi connectivity index (χ2n) is 2.60. The third kappa shape index (κ3) is 1.97. The quantitative estimate of drug-likeness (QED) is 0.652. The normalized spacial score (nSPS) is 49.2. The van der Waals surface area contributed by atoms with Crippen LogP contribution in [0.5, 0.6) is 0 Å². The predicted octanol–water partition coefficient (Wildman–Crippen LogP) is 0.518. The predicted molar refractivity (Wildman–Crippen MR) is 46.9 cm³/mol. The van der Waals surface area contributed by atoms with E-state index in [4.69, 9.17) is 44.6 Å². The number of alkyl halides is 3. The van der Waals surface area contributed by atoms with Crippen LogP contribution >= 0.6 is 34.8 Å². The van der Waals surface area contributed by atoms with E-state index in [1.165, 1.54) is 0 Å². The minimum Gasteiger partial charge on any atom is -0.386 e. The van der Waals surface area contributed by atoms with Crippen LogP contribution in [0.2, 0.25) is 0 Å². The van der Waals surface area contributed by atoms with Gasteiger partial charge in [-0.3, -0.25) is 0 Å². The van der Waals surface area contributed by atoms with Gasteiger partial charge in [0.25, 0.3) is 0 Å². The smallest absolute Gasteiger partial charge is 0.182 e. The molecule has 0 amide bonds. The van der Waals surface area contributed by atoms with Gasteiger partial charge in [0, 0.05) is 0 Å². The third-order valence-electron chi connectivity index (χ3n) is 1.74. The number of hydrogen-bond donors (Lipinski definition) is 2. The minimum absolute atomic E-state index is 0.140. The molecule has 1 aliphatic rings. The second-order valence-corrected chi connectivity index (χ2v) is 3.92. The van der Waals surface area contributed by atoms with E-state index in [1.54, 1.807) is 0 Å². The summed E-state index contributed by atoms with van der Waals surface area (Å²) in [4.78, 5) is 0. The highest BCUT2D eigenvalue weighted by Crippen LogP contribution is 2.28. The highest BCUT2D eigenvalue weighted by Gasteiger charge is 2.42. The van der Waals surface area contributed by atoms with E-state index in [-0.39, 0.29) is 5.88 Å². The van der Waals surface area contributed by atoms with Gasteiger partial charge in [-0.15, -0.1) is 34.8 Å². The molecular formula is C6H9Cl3O3. The largest absolute Gasteiger partial charge is 0.386 e. The van der Waals surface area contributed by atoms with Crippen molar-refractivity contribution in [2.24, 2.45) is 0 Å². The lowest BCUT2D eigenvalue weighted by molar-refractivity contribution is -0.206. The molecule has 0 aromatic rings. The third-order valence-corrected chi connectivity index (χ3v) is 3.26. The van der Waals surface area contributed by atoms with Crippen LogP contribution in [0.4, 0.5) is 0 Å². The standard InChI is InChI=1S/C6H9Cl3O3/c7-1-2-3(8)4(9)5(10)6(11)12-2/h2-6,10-11H,1H2/t2?,3-,4-,5?,6?/m1/s1. The Balaban J connectivity index is 2.63. The number of hydrogen-bond acceptors (Lipinski definition) is 3. The van der Waals surface area contributed by atoms with Gasteiger partial charge in [-0.2, -0.15) is 0 Å². The Morgan fingerprint density at radius 2 is 1.75 bits per heavy atom. The van der Waals surface area contributed by atoms with Crippen molar-refractivity contribution in [3.05, 3.63) is 0 Å². The van der Waals surface area contributed by atoms with Gasteiger partial charge in [0.05, 0.1) is 22.7 Å². The zero-order valence-electron chi connectivity index (χ0n) is 6.03. The van der Waals surface area contributed by atoms with Gasteiger partial charge in [-0.1, -0.05) is 0 Å². The second kappa shape index (κ2) is 4.31. The van der Waals surface area contributed by atoms with Gasteiger partial charge in [-0.05, 0) is 0 Å². The molecule has 2 N–H and O–H groups in total. The minimum atomic E-state index is -1.30. The topological polar surface area (TPSA) is 49.7 Å². The fourth-order valence-electron chi connectivity index (χ4n) is 1.01. The van der Waals surface area contributed by atoms with Crippen LogP contribution < -0.4 is 0 Å². The summed E-state index contributed by atoms with van der Waals surface area (Å²) >= 11 is 17.0. The molecule has 0 spiro atoms. The Bertz CT molecular complexity index is 152. The van der Waals surface area contributed by atoms with Crippen LogP contribution in [-0.2, 0) is 4.74 Å². The lowest BCUT2D eigenvalue weighted by Gasteiger charge is -2.36. The lowest BCUT2D eigenvalue weighted by atomic mass is 10.1. The molecule has 6 heteroatoms. The highest BCUT2D eigenvalue weighted by molar-refractivity contribution is 6.31. The summed E-state index contributed by atoms with van der Waals surface area (Å²) in [6.45, 7) is 0. The van der Waals surface area contributed by atoms with Gasteiger partial charge < -0.3 is 14.9 Å². The maximum atomic E-state index is 9.20. The number of aliphatic hydroxyl groups excluding tert-OH is 2. The van der Waals surface area contributed by atoms with Crippen molar-refractivity contribution in [1.29, 1.82) is 0 Å². The average Bonchev–Trinajstić information content (AvgIpc) is 2.08. The van der Waals surface area contributed by atoms with E-state index in [1.807, 2.05) is 0 Å². The van der Waals surface area contributed by atoms with Crippen molar-refractivity contribution in [2.45, 2.75) is 29.3 Å². The van der Waals surface area contributed by atoms with Crippen molar-refractivity contribution in [1.82, 2.24) is 0 Å². The maximum absolute atomic E-state index is 9.20. The zero-order valence-corrected chi connectivity index (χ0v) is 8.30. The first-order valence-electron chi connectivity index (χ1n) is 3.43. The van der Waals surface area contributed by atoms with Crippen LogP contribution in [-0.4, -0.2) is 45.3 Å². The van der Waals surface area contributed by atoms with Gasteiger partial charge in [0.15, 0.2) is 6.29 Å². The molecule has 0 aliphatic carbocycles. The summed E-state index contributed by atoms with van der Waals surface area (Å²) in [7, 11) is 0. The van der Waals surface area contributed by atoms with E-state index in [2.05, 4.69) is 0 Å². The Morgan fingerprint density at radius 3 is 2.25 bits per heavy atom. The van der Waals surface area contributed by atoms with E-state index in [0.717, 1.165) is 0 Å². The van der Waals surface area contributed by atoms with Crippen molar-refractivity contribution in [3.8, 4) is 0 Å². The first kappa shape index (κ1) is 10.8. The van der Waals surface area contributed by atoms with Gasteiger partial charge >= 0.3 is 0 Å². The molecular weight excluding hydrogens is 226 g/mol. The molecule has 0 saturated carbocycles. The van der Waals surface area contributed by atoms with Crippen molar-refractivity contribution in [3.63, 3.8) is 0 Å². The lowest BCUT2D eigenvalue weighted by Crippen LogP contribution is -2.53. The van der Waals surface area contributed by atoms with E-state index < -0.39 is 29.3 Å². The van der Waals surface area contributed by atoms with E-state index in [0.29, 0.717) is 0 Å². The molecule has 3 unspecified atom stereocenters. The highest BCUT2D eigenvalue weighted by atomic mass is 35.5. The number of aliphatic hydroxyl groups is 2. The Morgan fingerprint density at radius 1 is 1.17 bits per heavy atom. The van der Waals surface area contributed by atoms with E-state index in [9.17, 15) is 5.11 Å². The van der Waals surface area contributed by atoms with Gasteiger partial charge in [-0.25, -0.2) is 0 Å². The Hall–Kier alpha value is 0.750. The molecule has 0 aromatic heterocycles. The monoisotopic (exact) mass is 234 g/mol. The maximum Gasteiger partial charge on any atom is 0.182 e. The molecule has 1 saturated heterocycles. The van der Waals surface area contributed by atoms with Crippen LogP contribution in [0.1, 0.15) is 0 Å². The number of rotatable bonds is 1. The van der Waals surface area contributed by atoms with Crippen molar-refractivity contribution < 1.29 is 14.9 Å². The molecule has 1 rings (SSSR count). The molecule has 1 aliphatic heterocycles. The Kier molecular flexibility index (Phi) is 3.89. The Labute approximate surface area is 85.2 Å². The van der Waals surface area contributed by atoms with Crippen LogP contribution in [0.3, 0.4) is 0 Å². The first-order chi connectivity index (χ1) is 5.57. The summed E-state index contributed by atoms with van der Waals surface area (Å²) in [5, 5.41) is 17.0. The summed E-state index contributed by atoms with van der Waals surface area (Å²) in [5.41, 5.74) is 0. The molecule has 12 heavy (non-hydrogen) atoms. The van der Waals surface area contributed by atoms with Gasteiger partial charge in [0.2, 0.25) is 0 Å². The van der Waals surface area contributed by atoms with Crippen LogP contribution in [0.25, 0.3) is 0 Å². The molecule has 1 fully saturated rings. The molecule has 72 valence electrons. The summed E-state index contributed by atoms with van der Waals surface area (Å²) in [6, 6.07) is 0. The average molecular weight is 235 g/mol. The molecule has 1 heterocycles. The first-order valence-corrected chi connectivity index (χ1v) is 4.84. The summed E-state index contributed by atoms with van der Waals surface area (Å²) < 4.78 is 4.89. The fourth-order valence-corrected chi connectivity index (χ4v) is 1.95. The SMILES string of the molecule is OC1OC(CCl)[C@@H](Cl)[C@@H](Cl)C1O. The molecule has 5 atom stereocenters. The number of halogens is 3. The molecule has 3 nitrogen and oxygen atoms in total. The van der Waals surface area contributed by atoms with Crippen LogP contribution in [0.15, 0.2) is 0 Å². The summed E-state index contributed by atoms with van der Waals surface area (Å²) in [5.74, 6) is 0.140. The molecule has 0 radical (unpaired) electrons. The van der Waals surface area contributed by atoms with E-state index >= 15 is 0 Å². The zero-order chi connectivity index (χ0) is 9.30. The summed E-state index contributed by atoms with van der Waals surface area (Å²) in [6.07, 6.45) is -2.98. The molecule has 0 aromatic carbocycles. The fraction of sp³-hybridized carbons (Fsp3) is 1.00. The van der Waals surface area contributed by atoms with Crippen molar-refractivity contribution in [2.75, 3.05) is 5.88 Å². The van der Waals surface area contributed by atoms with Crippen LogP contribution in [0, 0.1) is 0 Å².